The highest BCUT2D eigenvalue weighted by Gasteiger charge is 2.09. The van der Waals surface area contributed by atoms with Crippen LogP contribution in [0.2, 0.25) is 0 Å². The Morgan fingerprint density at radius 2 is 1.67 bits per heavy atom. The van der Waals surface area contributed by atoms with Crippen molar-refractivity contribution >= 4 is 0 Å². The molecule has 94 valence electrons. The van der Waals surface area contributed by atoms with Crippen molar-refractivity contribution in [3.63, 3.8) is 0 Å². The zero-order chi connectivity index (χ0) is 13.0. The van der Waals surface area contributed by atoms with E-state index in [1.165, 1.54) is 0 Å². The summed E-state index contributed by atoms with van der Waals surface area (Å²) in [6, 6.07) is 15.0. The summed E-state index contributed by atoms with van der Waals surface area (Å²) >= 11 is 0. The molecule has 0 spiro atoms. The SMILES string of the molecule is C[C@H](N)c1ccccc1Oc1ccccc1CO. The van der Waals surface area contributed by atoms with Crippen molar-refractivity contribution in [1.82, 2.24) is 0 Å². The Kier molecular flexibility index (Phi) is 3.97. The number of aliphatic hydroxyl groups is 1. The molecule has 0 unspecified atom stereocenters. The number of benzene rings is 2. The van der Waals surface area contributed by atoms with Gasteiger partial charge < -0.3 is 15.6 Å². The van der Waals surface area contributed by atoms with Gasteiger partial charge in [-0.3, -0.25) is 0 Å². The van der Waals surface area contributed by atoms with Gasteiger partial charge in [-0.1, -0.05) is 36.4 Å². The van der Waals surface area contributed by atoms with E-state index >= 15 is 0 Å². The first kappa shape index (κ1) is 12.6. The van der Waals surface area contributed by atoms with E-state index < -0.39 is 0 Å². The molecule has 0 saturated carbocycles. The van der Waals surface area contributed by atoms with Crippen LogP contribution in [0.5, 0.6) is 11.5 Å². The van der Waals surface area contributed by atoms with Crippen LogP contribution < -0.4 is 10.5 Å². The van der Waals surface area contributed by atoms with Gasteiger partial charge in [-0.2, -0.15) is 0 Å². The summed E-state index contributed by atoms with van der Waals surface area (Å²) in [7, 11) is 0. The lowest BCUT2D eigenvalue weighted by Gasteiger charge is -2.15. The molecule has 0 bridgehead atoms. The van der Waals surface area contributed by atoms with Crippen molar-refractivity contribution in [2.75, 3.05) is 0 Å². The van der Waals surface area contributed by atoms with E-state index in [1.807, 2.05) is 55.5 Å². The van der Waals surface area contributed by atoms with Crippen LogP contribution in [0.1, 0.15) is 24.1 Å². The van der Waals surface area contributed by atoms with Crippen molar-refractivity contribution in [3.8, 4) is 11.5 Å². The lowest BCUT2D eigenvalue weighted by atomic mass is 10.1. The largest absolute Gasteiger partial charge is 0.457 e. The molecule has 2 aromatic carbocycles. The highest BCUT2D eigenvalue weighted by molar-refractivity contribution is 5.42. The minimum Gasteiger partial charge on any atom is -0.457 e. The quantitative estimate of drug-likeness (QED) is 0.868. The van der Waals surface area contributed by atoms with Gasteiger partial charge in [0.1, 0.15) is 11.5 Å². The van der Waals surface area contributed by atoms with Gasteiger partial charge in [0.05, 0.1) is 6.61 Å². The van der Waals surface area contributed by atoms with Crippen molar-refractivity contribution in [3.05, 3.63) is 59.7 Å². The number of hydrogen-bond donors (Lipinski definition) is 2. The van der Waals surface area contributed by atoms with E-state index in [0.717, 1.165) is 16.9 Å². The first-order valence-corrected chi connectivity index (χ1v) is 5.93. The van der Waals surface area contributed by atoms with Crippen molar-refractivity contribution in [1.29, 1.82) is 0 Å². The molecule has 0 aliphatic heterocycles. The van der Waals surface area contributed by atoms with Crippen LogP contribution in [0, 0.1) is 0 Å². The van der Waals surface area contributed by atoms with Gasteiger partial charge >= 0.3 is 0 Å². The van der Waals surface area contributed by atoms with Crippen LogP contribution in [-0.4, -0.2) is 5.11 Å². The summed E-state index contributed by atoms with van der Waals surface area (Å²) in [5.74, 6) is 1.39. The minimum absolute atomic E-state index is 0.0451. The number of hydrogen-bond acceptors (Lipinski definition) is 3. The molecule has 0 heterocycles. The van der Waals surface area contributed by atoms with Crippen LogP contribution in [-0.2, 0) is 6.61 Å². The number of aliphatic hydroxyl groups excluding tert-OH is 1. The van der Waals surface area contributed by atoms with Gasteiger partial charge in [0.15, 0.2) is 0 Å². The summed E-state index contributed by atoms with van der Waals surface area (Å²) in [6.07, 6.45) is 0. The Balaban J connectivity index is 2.34. The summed E-state index contributed by atoms with van der Waals surface area (Å²) in [5.41, 5.74) is 7.62. The number of ether oxygens (including phenoxy) is 1. The second-order valence-corrected chi connectivity index (χ2v) is 4.19. The Morgan fingerprint density at radius 1 is 1.06 bits per heavy atom. The first-order valence-electron chi connectivity index (χ1n) is 5.93. The van der Waals surface area contributed by atoms with E-state index in [9.17, 15) is 5.11 Å². The van der Waals surface area contributed by atoms with Crippen LogP contribution >= 0.6 is 0 Å². The van der Waals surface area contributed by atoms with E-state index in [4.69, 9.17) is 10.5 Å². The predicted octanol–water partition coefficient (Wildman–Crippen LogP) is 2.99. The minimum atomic E-state index is -0.0949. The third kappa shape index (κ3) is 2.70. The molecule has 0 aromatic heterocycles. The Bertz CT molecular complexity index is 523. The zero-order valence-corrected chi connectivity index (χ0v) is 10.3. The van der Waals surface area contributed by atoms with Crippen molar-refractivity contribution < 1.29 is 9.84 Å². The Morgan fingerprint density at radius 3 is 2.33 bits per heavy atom. The second kappa shape index (κ2) is 5.67. The molecule has 0 amide bonds. The van der Waals surface area contributed by atoms with Gasteiger partial charge in [0.25, 0.3) is 0 Å². The molecule has 0 radical (unpaired) electrons. The molecule has 3 nitrogen and oxygen atoms in total. The molecule has 3 heteroatoms. The average Bonchev–Trinajstić information content (AvgIpc) is 2.40. The smallest absolute Gasteiger partial charge is 0.132 e. The highest BCUT2D eigenvalue weighted by Crippen LogP contribution is 2.30. The lowest BCUT2D eigenvalue weighted by Crippen LogP contribution is -2.06. The van der Waals surface area contributed by atoms with E-state index in [1.54, 1.807) is 0 Å². The standard InChI is InChI=1S/C15H17NO2/c1-11(16)13-7-3-5-9-15(13)18-14-8-4-2-6-12(14)10-17/h2-9,11,17H,10,16H2,1H3/t11-/m0/s1. The topological polar surface area (TPSA) is 55.5 Å². The first-order chi connectivity index (χ1) is 8.72. The maximum Gasteiger partial charge on any atom is 0.132 e. The van der Waals surface area contributed by atoms with E-state index in [0.29, 0.717) is 5.75 Å². The molecule has 0 saturated heterocycles. The van der Waals surface area contributed by atoms with Gasteiger partial charge in [-0.15, -0.1) is 0 Å². The molecule has 1 atom stereocenters. The number of rotatable bonds is 4. The van der Waals surface area contributed by atoms with Crippen LogP contribution in [0.3, 0.4) is 0 Å². The Labute approximate surface area is 107 Å². The summed E-state index contributed by atoms with van der Waals surface area (Å²) in [4.78, 5) is 0. The molecule has 0 aliphatic carbocycles. The van der Waals surface area contributed by atoms with Crippen molar-refractivity contribution in [2.45, 2.75) is 19.6 Å². The fraction of sp³-hybridized carbons (Fsp3) is 0.200. The fourth-order valence-electron chi connectivity index (χ4n) is 1.80. The summed E-state index contributed by atoms with van der Waals surface area (Å²) in [6.45, 7) is 1.87. The summed E-state index contributed by atoms with van der Waals surface area (Å²) < 4.78 is 5.85. The molecule has 2 rings (SSSR count). The molecular weight excluding hydrogens is 226 g/mol. The maximum atomic E-state index is 9.27. The van der Waals surface area contributed by atoms with E-state index in [-0.39, 0.29) is 12.6 Å². The monoisotopic (exact) mass is 243 g/mol. The van der Waals surface area contributed by atoms with Gasteiger partial charge in [-0.25, -0.2) is 0 Å². The third-order valence-electron chi connectivity index (χ3n) is 2.77. The van der Waals surface area contributed by atoms with E-state index in [2.05, 4.69) is 0 Å². The zero-order valence-electron chi connectivity index (χ0n) is 10.3. The fourth-order valence-corrected chi connectivity index (χ4v) is 1.80. The van der Waals surface area contributed by atoms with Crippen LogP contribution in [0.15, 0.2) is 48.5 Å². The molecule has 0 aliphatic rings. The molecule has 18 heavy (non-hydrogen) atoms. The van der Waals surface area contributed by atoms with Gasteiger partial charge in [0, 0.05) is 17.2 Å². The Hall–Kier alpha value is -1.84. The number of para-hydroxylation sites is 2. The van der Waals surface area contributed by atoms with Crippen LogP contribution in [0.4, 0.5) is 0 Å². The molecule has 0 fully saturated rings. The van der Waals surface area contributed by atoms with Gasteiger partial charge in [0.2, 0.25) is 0 Å². The van der Waals surface area contributed by atoms with Crippen LogP contribution in [0.25, 0.3) is 0 Å². The highest BCUT2D eigenvalue weighted by atomic mass is 16.5. The van der Waals surface area contributed by atoms with Crippen molar-refractivity contribution in [2.24, 2.45) is 5.73 Å². The third-order valence-corrected chi connectivity index (χ3v) is 2.77. The van der Waals surface area contributed by atoms with Gasteiger partial charge in [-0.05, 0) is 19.1 Å². The molecular formula is C15H17NO2. The second-order valence-electron chi connectivity index (χ2n) is 4.19. The predicted molar refractivity (Wildman–Crippen MR) is 71.5 cm³/mol. The molecule has 2 aromatic rings. The summed E-state index contributed by atoms with van der Waals surface area (Å²) in [5, 5.41) is 9.27. The molecule has 3 N–H and O–H groups in total. The lowest BCUT2D eigenvalue weighted by molar-refractivity contribution is 0.276. The maximum absolute atomic E-state index is 9.27. The normalized spacial score (nSPS) is 12.2. The average molecular weight is 243 g/mol. The number of nitrogens with two attached hydrogens (primary N) is 1.